The van der Waals surface area contributed by atoms with Gasteiger partial charge in [-0.1, -0.05) is 0 Å². The van der Waals surface area contributed by atoms with Crippen molar-refractivity contribution in [3.63, 3.8) is 0 Å². The Morgan fingerprint density at radius 1 is 1.41 bits per heavy atom. The van der Waals surface area contributed by atoms with Crippen LogP contribution in [0.15, 0.2) is 0 Å². The summed E-state index contributed by atoms with van der Waals surface area (Å²) >= 11 is 1.81. The molecule has 98 valence electrons. The maximum absolute atomic E-state index is 11.8. The minimum absolute atomic E-state index is 0.250. The molecule has 5 heteroatoms. The van der Waals surface area contributed by atoms with Gasteiger partial charge in [-0.25, -0.2) is 0 Å². The van der Waals surface area contributed by atoms with E-state index < -0.39 is 5.54 Å². The quantitative estimate of drug-likeness (QED) is 0.751. The van der Waals surface area contributed by atoms with Gasteiger partial charge in [-0.2, -0.15) is 11.8 Å². The molecule has 17 heavy (non-hydrogen) atoms. The van der Waals surface area contributed by atoms with Crippen LogP contribution in [0.25, 0.3) is 0 Å². The number of methoxy groups -OCH3 is 1. The fraction of sp³-hybridized carbons (Fsp3) is 0.917. The number of esters is 1. The Balaban J connectivity index is 1.86. The summed E-state index contributed by atoms with van der Waals surface area (Å²) in [5.41, 5.74) is 5.48. The topological polar surface area (TPSA) is 61.5 Å². The van der Waals surface area contributed by atoms with E-state index in [1.807, 2.05) is 11.8 Å². The summed E-state index contributed by atoms with van der Waals surface area (Å²) in [5.74, 6) is 0.747. The molecule has 0 spiro atoms. The van der Waals surface area contributed by atoms with Gasteiger partial charge in [0.15, 0.2) is 0 Å². The van der Waals surface area contributed by atoms with Gasteiger partial charge in [0.2, 0.25) is 0 Å². The lowest BCUT2D eigenvalue weighted by molar-refractivity contribution is -0.146. The highest BCUT2D eigenvalue weighted by Gasteiger charge is 2.49. The fourth-order valence-electron chi connectivity index (χ4n) is 2.23. The Morgan fingerprint density at radius 3 is 2.59 bits per heavy atom. The van der Waals surface area contributed by atoms with Crippen molar-refractivity contribution in [1.29, 1.82) is 0 Å². The van der Waals surface area contributed by atoms with E-state index in [9.17, 15) is 4.79 Å². The molecule has 0 radical (unpaired) electrons. The molecule has 2 N–H and O–H groups in total. The predicted molar refractivity (Wildman–Crippen MR) is 68.0 cm³/mol. The molecule has 2 rings (SSSR count). The summed E-state index contributed by atoms with van der Waals surface area (Å²) in [6, 6.07) is 0. The van der Waals surface area contributed by atoms with E-state index in [0.717, 1.165) is 38.9 Å². The third-order valence-corrected chi connectivity index (χ3v) is 5.18. The first-order valence-corrected chi connectivity index (χ1v) is 7.28. The third kappa shape index (κ3) is 3.14. The van der Waals surface area contributed by atoms with E-state index in [-0.39, 0.29) is 5.97 Å². The van der Waals surface area contributed by atoms with Gasteiger partial charge in [-0.3, -0.25) is 4.79 Å². The summed E-state index contributed by atoms with van der Waals surface area (Å²) in [4.78, 5) is 11.8. The van der Waals surface area contributed by atoms with Crippen molar-refractivity contribution in [1.82, 2.24) is 0 Å². The van der Waals surface area contributed by atoms with Crippen LogP contribution >= 0.6 is 11.8 Å². The predicted octanol–water partition coefficient (Wildman–Crippen LogP) is 1.18. The van der Waals surface area contributed by atoms with Gasteiger partial charge in [-0.15, -0.1) is 0 Å². The van der Waals surface area contributed by atoms with Gasteiger partial charge in [0.25, 0.3) is 0 Å². The van der Waals surface area contributed by atoms with Crippen molar-refractivity contribution < 1.29 is 14.3 Å². The highest BCUT2D eigenvalue weighted by molar-refractivity contribution is 8.00. The van der Waals surface area contributed by atoms with E-state index in [1.165, 1.54) is 7.11 Å². The minimum Gasteiger partial charge on any atom is -0.468 e. The third-order valence-electron chi connectivity index (χ3n) is 3.60. The van der Waals surface area contributed by atoms with E-state index >= 15 is 0 Å². The Bertz CT molecular complexity index is 277. The molecule has 1 heterocycles. The molecule has 0 aromatic rings. The fourth-order valence-corrected chi connectivity index (χ4v) is 3.62. The summed E-state index contributed by atoms with van der Waals surface area (Å²) in [5, 5.41) is 0.579. The maximum Gasteiger partial charge on any atom is 0.326 e. The number of thioether (sulfide) groups is 1. The second-order valence-electron chi connectivity index (χ2n) is 4.93. The number of ether oxygens (including phenoxy) is 2. The molecule has 1 aliphatic heterocycles. The Kier molecular flexibility index (Phi) is 4.33. The number of hydrogen-bond donors (Lipinski definition) is 1. The average molecular weight is 259 g/mol. The van der Waals surface area contributed by atoms with Gasteiger partial charge < -0.3 is 15.2 Å². The van der Waals surface area contributed by atoms with E-state index in [1.54, 1.807) is 0 Å². The number of carbonyl (C=O) groups is 1. The number of carbonyl (C=O) groups excluding carboxylic acids is 1. The SMILES string of the molecule is COC(=O)C(N)(CSC1CCOCC1)C1CC1. The molecular formula is C12H21NO3S. The summed E-state index contributed by atoms with van der Waals surface area (Å²) in [6.07, 6.45) is 4.24. The van der Waals surface area contributed by atoms with Crippen LogP contribution in [0.5, 0.6) is 0 Å². The molecule has 1 saturated heterocycles. The molecule has 1 unspecified atom stereocenters. The van der Waals surface area contributed by atoms with Crippen LogP contribution in [0.4, 0.5) is 0 Å². The van der Waals surface area contributed by atoms with E-state index in [0.29, 0.717) is 16.9 Å². The number of hydrogen-bond acceptors (Lipinski definition) is 5. The monoisotopic (exact) mass is 259 g/mol. The normalized spacial score (nSPS) is 25.3. The molecule has 0 amide bonds. The lowest BCUT2D eigenvalue weighted by Gasteiger charge is -2.29. The van der Waals surface area contributed by atoms with Crippen molar-refractivity contribution in [3.8, 4) is 0 Å². The Hall–Kier alpha value is -0.260. The number of rotatable bonds is 5. The smallest absolute Gasteiger partial charge is 0.326 e. The van der Waals surface area contributed by atoms with E-state index in [4.69, 9.17) is 15.2 Å². The molecule has 0 aromatic heterocycles. The second-order valence-corrected chi connectivity index (χ2v) is 6.22. The van der Waals surface area contributed by atoms with Crippen LogP contribution in [0.1, 0.15) is 25.7 Å². The van der Waals surface area contributed by atoms with Crippen molar-refractivity contribution in [2.24, 2.45) is 11.7 Å². The largest absolute Gasteiger partial charge is 0.468 e. The Labute approximate surface area is 107 Å². The maximum atomic E-state index is 11.8. The van der Waals surface area contributed by atoms with Gasteiger partial charge in [0.05, 0.1) is 7.11 Å². The van der Waals surface area contributed by atoms with Crippen molar-refractivity contribution >= 4 is 17.7 Å². The lowest BCUT2D eigenvalue weighted by atomic mass is 9.97. The first kappa shape index (κ1) is 13.2. The standard InChI is InChI=1S/C12H21NO3S/c1-15-11(14)12(13,9-2-3-9)8-17-10-4-6-16-7-5-10/h9-10H,2-8,13H2,1H3. The van der Waals surface area contributed by atoms with E-state index in [2.05, 4.69) is 0 Å². The van der Waals surface area contributed by atoms with Gasteiger partial charge >= 0.3 is 5.97 Å². The summed E-state index contributed by atoms with van der Waals surface area (Å²) in [7, 11) is 1.42. The van der Waals surface area contributed by atoms with Crippen LogP contribution in [0, 0.1) is 5.92 Å². The first-order chi connectivity index (χ1) is 8.16. The zero-order valence-electron chi connectivity index (χ0n) is 10.3. The zero-order valence-corrected chi connectivity index (χ0v) is 11.1. The Morgan fingerprint density at radius 2 is 2.06 bits per heavy atom. The van der Waals surface area contributed by atoms with Crippen LogP contribution in [0.2, 0.25) is 0 Å². The summed E-state index contributed by atoms with van der Waals surface area (Å²) in [6.45, 7) is 1.66. The number of nitrogens with two attached hydrogens (primary N) is 1. The second kappa shape index (κ2) is 5.59. The van der Waals surface area contributed by atoms with Crippen LogP contribution in [0.3, 0.4) is 0 Å². The highest BCUT2D eigenvalue weighted by atomic mass is 32.2. The first-order valence-electron chi connectivity index (χ1n) is 6.23. The molecule has 0 aromatic carbocycles. The molecule has 1 saturated carbocycles. The van der Waals surface area contributed by atoms with Crippen LogP contribution in [-0.4, -0.2) is 42.8 Å². The van der Waals surface area contributed by atoms with Crippen molar-refractivity contribution in [2.75, 3.05) is 26.1 Å². The highest BCUT2D eigenvalue weighted by Crippen LogP contribution is 2.41. The zero-order chi connectivity index (χ0) is 12.3. The van der Waals surface area contributed by atoms with Crippen LogP contribution in [-0.2, 0) is 14.3 Å². The molecule has 1 aliphatic carbocycles. The van der Waals surface area contributed by atoms with Gasteiger partial charge in [0, 0.05) is 24.2 Å². The van der Waals surface area contributed by atoms with Gasteiger partial charge in [-0.05, 0) is 31.6 Å². The minimum atomic E-state index is -0.766. The van der Waals surface area contributed by atoms with Crippen LogP contribution < -0.4 is 5.73 Å². The van der Waals surface area contributed by atoms with Gasteiger partial charge in [0.1, 0.15) is 5.54 Å². The average Bonchev–Trinajstić information content (AvgIpc) is 3.20. The van der Waals surface area contributed by atoms with Crippen molar-refractivity contribution in [2.45, 2.75) is 36.5 Å². The molecule has 2 fully saturated rings. The lowest BCUT2D eigenvalue weighted by Crippen LogP contribution is -2.53. The molecule has 0 bridgehead atoms. The molecule has 2 aliphatic rings. The molecular weight excluding hydrogens is 238 g/mol. The molecule has 1 atom stereocenters. The summed E-state index contributed by atoms with van der Waals surface area (Å²) < 4.78 is 10.2. The molecule has 4 nitrogen and oxygen atoms in total. The van der Waals surface area contributed by atoms with Crippen molar-refractivity contribution in [3.05, 3.63) is 0 Å².